The summed E-state index contributed by atoms with van der Waals surface area (Å²) in [7, 11) is -3.52. The first-order valence-corrected chi connectivity index (χ1v) is 6.73. The van der Waals surface area contributed by atoms with Gasteiger partial charge in [-0.3, -0.25) is 0 Å². The van der Waals surface area contributed by atoms with E-state index in [1.54, 1.807) is 24.3 Å². The molecule has 0 bridgehead atoms. The van der Waals surface area contributed by atoms with Gasteiger partial charge in [0.1, 0.15) is 0 Å². The Labute approximate surface area is 98.7 Å². The van der Waals surface area contributed by atoms with Crippen LogP contribution in [0, 0.1) is 0 Å². The van der Waals surface area contributed by atoms with Crippen molar-refractivity contribution in [1.29, 1.82) is 0 Å². The van der Waals surface area contributed by atoms with Crippen molar-refractivity contribution >= 4 is 32.5 Å². The number of benzene rings is 2. The molecule has 0 saturated heterocycles. The summed E-state index contributed by atoms with van der Waals surface area (Å²) in [5.41, 5.74) is 0. The zero-order valence-corrected chi connectivity index (χ0v) is 10.0. The molecule has 0 fully saturated rings. The van der Waals surface area contributed by atoms with Crippen LogP contribution in [0.3, 0.4) is 0 Å². The van der Waals surface area contributed by atoms with Crippen molar-refractivity contribution in [3.8, 4) is 5.75 Å². The van der Waals surface area contributed by atoms with Crippen molar-refractivity contribution in [2.75, 3.05) is 6.26 Å². The largest absolute Gasteiger partial charge is 0.382 e. The molecule has 2 aromatic carbocycles. The highest BCUT2D eigenvalue weighted by molar-refractivity contribution is 7.86. The van der Waals surface area contributed by atoms with Crippen molar-refractivity contribution in [2.24, 2.45) is 0 Å². The fraction of sp³-hybridized carbons (Fsp3) is 0.0909. The summed E-state index contributed by atoms with van der Waals surface area (Å²) < 4.78 is 27.0. The van der Waals surface area contributed by atoms with E-state index in [4.69, 9.17) is 15.8 Å². The molecule has 0 aromatic heterocycles. The lowest BCUT2D eigenvalue weighted by atomic mass is 10.1. The van der Waals surface area contributed by atoms with Crippen molar-refractivity contribution in [2.45, 2.75) is 0 Å². The topological polar surface area (TPSA) is 43.4 Å². The van der Waals surface area contributed by atoms with Crippen LogP contribution in [0.25, 0.3) is 10.8 Å². The fourth-order valence-corrected chi connectivity index (χ4v) is 2.17. The Bertz CT molecular complexity index is 635. The maximum Gasteiger partial charge on any atom is 0.306 e. The highest BCUT2D eigenvalue weighted by Crippen LogP contribution is 2.31. The minimum Gasteiger partial charge on any atom is -0.382 e. The SMILES string of the molecule is CS(=O)(=O)Oc1ccc(Cl)c2ccccc12. The standard InChI is InChI=1S/C11H9ClO3S/c1-16(13,14)15-11-7-6-10(12)8-4-2-3-5-9(8)11/h2-7H,1H3. The maximum atomic E-state index is 11.1. The summed E-state index contributed by atoms with van der Waals surface area (Å²) >= 11 is 6.00. The average Bonchev–Trinajstić information content (AvgIpc) is 2.21. The smallest absolute Gasteiger partial charge is 0.306 e. The minimum absolute atomic E-state index is 0.294. The Morgan fingerprint density at radius 1 is 1.06 bits per heavy atom. The van der Waals surface area contributed by atoms with Gasteiger partial charge in [-0.05, 0) is 12.1 Å². The van der Waals surface area contributed by atoms with Crippen LogP contribution in [-0.2, 0) is 10.1 Å². The number of hydrogen-bond donors (Lipinski definition) is 0. The lowest BCUT2D eigenvalue weighted by Crippen LogP contribution is -2.05. The molecule has 0 radical (unpaired) electrons. The van der Waals surface area contributed by atoms with E-state index in [2.05, 4.69) is 0 Å². The van der Waals surface area contributed by atoms with Crippen LogP contribution in [0.2, 0.25) is 5.02 Å². The summed E-state index contributed by atoms with van der Waals surface area (Å²) in [5.74, 6) is 0.294. The summed E-state index contributed by atoms with van der Waals surface area (Å²) in [6.45, 7) is 0. The van der Waals surface area contributed by atoms with Gasteiger partial charge in [0.05, 0.1) is 6.26 Å². The third-order valence-corrected chi connectivity index (χ3v) is 2.88. The van der Waals surface area contributed by atoms with E-state index >= 15 is 0 Å². The van der Waals surface area contributed by atoms with Gasteiger partial charge in [0.15, 0.2) is 5.75 Å². The van der Waals surface area contributed by atoms with Gasteiger partial charge >= 0.3 is 10.1 Å². The zero-order chi connectivity index (χ0) is 11.8. The van der Waals surface area contributed by atoms with Crippen LogP contribution < -0.4 is 4.18 Å². The van der Waals surface area contributed by atoms with E-state index in [0.717, 1.165) is 11.6 Å². The number of halogens is 1. The maximum absolute atomic E-state index is 11.1. The summed E-state index contributed by atoms with van der Waals surface area (Å²) in [5, 5.41) is 2.02. The van der Waals surface area contributed by atoms with Gasteiger partial charge in [-0.25, -0.2) is 0 Å². The Hall–Kier alpha value is -1.26. The second-order valence-corrected chi connectivity index (χ2v) is 5.36. The van der Waals surface area contributed by atoms with Crippen molar-refractivity contribution in [1.82, 2.24) is 0 Å². The fourth-order valence-electron chi connectivity index (χ4n) is 1.47. The average molecular weight is 257 g/mol. The minimum atomic E-state index is -3.52. The molecular formula is C11H9ClO3S. The van der Waals surface area contributed by atoms with Gasteiger partial charge in [-0.1, -0.05) is 35.9 Å². The van der Waals surface area contributed by atoms with E-state index < -0.39 is 10.1 Å². The molecule has 16 heavy (non-hydrogen) atoms. The lowest BCUT2D eigenvalue weighted by Gasteiger charge is -2.07. The van der Waals surface area contributed by atoms with E-state index in [9.17, 15) is 8.42 Å². The summed E-state index contributed by atoms with van der Waals surface area (Å²) in [6, 6.07) is 10.4. The third kappa shape index (κ3) is 2.28. The van der Waals surface area contributed by atoms with Crippen LogP contribution in [-0.4, -0.2) is 14.7 Å². The molecule has 0 atom stereocenters. The second-order valence-electron chi connectivity index (χ2n) is 3.38. The van der Waals surface area contributed by atoms with Crippen LogP contribution in [0.4, 0.5) is 0 Å². The van der Waals surface area contributed by atoms with Gasteiger partial charge < -0.3 is 4.18 Å². The van der Waals surface area contributed by atoms with Crippen LogP contribution in [0.1, 0.15) is 0 Å². The van der Waals surface area contributed by atoms with E-state index in [-0.39, 0.29) is 0 Å². The predicted molar refractivity (Wildman–Crippen MR) is 64.4 cm³/mol. The van der Waals surface area contributed by atoms with Gasteiger partial charge in [-0.2, -0.15) is 8.42 Å². The molecule has 0 unspecified atom stereocenters. The predicted octanol–water partition coefficient (Wildman–Crippen LogP) is 2.83. The highest BCUT2D eigenvalue weighted by Gasteiger charge is 2.09. The highest BCUT2D eigenvalue weighted by atomic mass is 35.5. The molecule has 0 spiro atoms. The molecule has 0 aliphatic rings. The van der Waals surface area contributed by atoms with Gasteiger partial charge in [0.2, 0.25) is 0 Å². The molecular weight excluding hydrogens is 248 g/mol. The first kappa shape index (κ1) is 11.2. The van der Waals surface area contributed by atoms with Gasteiger partial charge in [0.25, 0.3) is 0 Å². The normalized spacial score (nSPS) is 11.6. The Morgan fingerprint density at radius 3 is 2.31 bits per heavy atom. The van der Waals surface area contributed by atoms with Crippen molar-refractivity contribution < 1.29 is 12.6 Å². The van der Waals surface area contributed by atoms with Gasteiger partial charge in [0, 0.05) is 15.8 Å². The Balaban J connectivity index is 2.68. The number of hydrogen-bond acceptors (Lipinski definition) is 3. The molecule has 0 amide bonds. The van der Waals surface area contributed by atoms with Crippen LogP contribution >= 0.6 is 11.6 Å². The number of rotatable bonds is 2. The monoisotopic (exact) mass is 256 g/mol. The molecule has 3 nitrogen and oxygen atoms in total. The van der Waals surface area contributed by atoms with E-state index in [1.165, 1.54) is 0 Å². The van der Waals surface area contributed by atoms with E-state index in [0.29, 0.717) is 16.2 Å². The van der Waals surface area contributed by atoms with Crippen molar-refractivity contribution in [3.05, 3.63) is 41.4 Å². The molecule has 2 aromatic rings. The van der Waals surface area contributed by atoms with Crippen LogP contribution in [0.15, 0.2) is 36.4 Å². The quantitative estimate of drug-likeness (QED) is 0.776. The number of fused-ring (bicyclic) bond motifs is 1. The molecule has 0 aliphatic carbocycles. The lowest BCUT2D eigenvalue weighted by molar-refractivity contribution is 0.495. The Kier molecular flexibility index (Phi) is 2.78. The van der Waals surface area contributed by atoms with E-state index in [1.807, 2.05) is 12.1 Å². The first-order valence-electron chi connectivity index (χ1n) is 4.54. The van der Waals surface area contributed by atoms with Gasteiger partial charge in [-0.15, -0.1) is 0 Å². The summed E-state index contributed by atoms with van der Waals surface area (Å²) in [6.07, 6.45) is 1.01. The molecule has 0 saturated carbocycles. The molecule has 84 valence electrons. The zero-order valence-electron chi connectivity index (χ0n) is 8.48. The molecule has 0 aliphatic heterocycles. The Morgan fingerprint density at radius 2 is 1.69 bits per heavy atom. The second kappa shape index (κ2) is 3.96. The summed E-state index contributed by atoms with van der Waals surface area (Å²) in [4.78, 5) is 0. The van der Waals surface area contributed by atoms with Crippen LogP contribution in [0.5, 0.6) is 5.75 Å². The molecule has 0 N–H and O–H groups in total. The molecule has 5 heteroatoms. The first-order chi connectivity index (χ1) is 7.47. The molecule has 0 heterocycles. The van der Waals surface area contributed by atoms with Crippen molar-refractivity contribution in [3.63, 3.8) is 0 Å². The third-order valence-electron chi connectivity index (χ3n) is 2.07. The molecule has 2 rings (SSSR count).